The third kappa shape index (κ3) is 6.03. The van der Waals surface area contributed by atoms with Crippen molar-refractivity contribution in [3.8, 4) is 12.3 Å². The monoisotopic (exact) mass is 184 g/mol. The zero-order valence-electron chi connectivity index (χ0n) is 8.21. The highest BCUT2D eigenvalue weighted by molar-refractivity contribution is 5.60. The summed E-state index contributed by atoms with van der Waals surface area (Å²) in [6.45, 7) is 2.10. The molecule has 0 fully saturated rings. The third-order valence-corrected chi connectivity index (χ3v) is 1.66. The topological polar surface area (TPSA) is 35.5 Å². The lowest BCUT2D eigenvalue weighted by Crippen LogP contribution is -2.16. The Morgan fingerprint density at radius 2 is 2.23 bits per heavy atom. The number of hydrogen-bond donors (Lipinski definition) is 0. The SMILES string of the molecule is C#C[C@H](CCCCC)OC(=O)OC. The highest BCUT2D eigenvalue weighted by Crippen LogP contribution is 2.06. The molecule has 0 rings (SSSR count). The van der Waals surface area contributed by atoms with Crippen molar-refractivity contribution in [2.75, 3.05) is 7.11 Å². The number of carbonyl (C=O) groups excluding carboxylic acids is 1. The first-order chi connectivity index (χ1) is 6.24. The molecule has 0 spiro atoms. The maximum absolute atomic E-state index is 10.7. The van der Waals surface area contributed by atoms with Gasteiger partial charge in [0, 0.05) is 0 Å². The van der Waals surface area contributed by atoms with Crippen LogP contribution in [0.1, 0.15) is 32.6 Å². The molecule has 0 aromatic heterocycles. The van der Waals surface area contributed by atoms with Crippen molar-refractivity contribution in [1.29, 1.82) is 0 Å². The first kappa shape index (κ1) is 11.8. The van der Waals surface area contributed by atoms with Gasteiger partial charge in [-0.15, -0.1) is 6.42 Å². The van der Waals surface area contributed by atoms with Crippen LogP contribution in [0.4, 0.5) is 4.79 Å². The van der Waals surface area contributed by atoms with Gasteiger partial charge in [-0.1, -0.05) is 25.7 Å². The van der Waals surface area contributed by atoms with Gasteiger partial charge in [0.05, 0.1) is 7.11 Å². The standard InChI is InChI=1S/C10H16O3/c1-4-6-7-8-9(5-2)13-10(11)12-3/h2,9H,4,6-8H2,1,3H3/t9-/m1/s1. The zero-order chi connectivity index (χ0) is 10.1. The van der Waals surface area contributed by atoms with E-state index in [0.29, 0.717) is 6.42 Å². The summed E-state index contributed by atoms with van der Waals surface area (Å²) in [4.78, 5) is 10.7. The van der Waals surface area contributed by atoms with E-state index in [-0.39, 0.29) is 0 Å². The van der Waals surface area contributed by atoms with Crippen LogP contribution in [0.25, 0.3) is 0 Å². The number of methoxy groups -OCH3 is 1. The highest BCUT2D eigenvalue weighted by Gasteiger charge is 2.10. The molecule has 74 valence electrons. The van der Waals surface area contributed by atoms with Gasteiger partial charge in [-0.2, -0.15) is 0 Å². The van der Waals surface area contributed by atoms with Gasteiger partial charge in [-0.05, 0) is 12.8 Å². The Morgan fingerprint density at radius 1 is 1.54 bits per heavy atom. The predicted octanol–water partition coefficient (Wildman–Crippen LogP) is 2.35. The van der Waals surface area contributed by atoms with Gasteiger partial charge in [0.1, 0.15) is 0 Å². The fourth-order valence-corrected chi connectivity index (χ4v) is 0.920. The average molecular weight is 184 g/mol. The van der Waals surface area contributed by atoms with Crippen molar-refractivity contribution in [3.05, 3.63) is 0 Å². The molecule has 0 saturated carbocycles. The van der Waals surface area contributed by atoms with Crippen LogP contribution < -0.4 is 0 Å². The van der Waals surface area contributed by atoms with Gasteiger partial charge in [-0.25, -0.2) is 4.79 Å². The van der Waals surface area contributed by atoms with E-state index in [0.717, 1.165) is 19.3 Å². The molecular formula is C10H16O3. The highest BCUT2D eigenvalue weighted by atomic mass is 16.7. The summed E-state index contributed by atoms with van der Waals surface area (Å²) in [6, 6.07) is 0. The second-order valence-corrected chi connectivity index (χ2v) is 2.72. The number of terminal acetylenes is 1. The lowest BCUT2D eigenvalue weighted by atomic mass is 10.1. The number of rotatable bonds is 5. The lowest BCUT2D eigenvalue weighted by molar-refractivity contribution is 0.0522. The molecule has 0 bridgehead atoms. The summed E-state index contributed by atoms with van der Waals surface area (Å²) >= 11 is 0. The molecule has 0 unspecified atom stereocenters. The number of ether oxygens (including phenoxy) is 2. The molecule has 0 aliphatic carbocycles. The van der Waals surface area contributed by atoms with Crippen molar-refractivity contribution in [1.82, 2.24) is 0 Å². The van der Waals surface area contributed by atoms with Crippen molar-refractivity contribution in [3.63, 3.8) is 0 Å². The lowest BCUT2D eigenvalue weighted by Gasteiger charge is -2.10. The summed E-state index contributed by atoms with van der Waals surface area (Å²) in [5, 5.41) is 0. The van der Waals surface area contributed by atoms with E-state index in [2.05, 4.69) is 17.6 Å². The number of unbranched alkanes of at least 4 members (excludes halogenated alkanes) is 2. The molecular weight excluding hydrogens is 168 g/mol. The van der Waals surface area contributed by atoms with E-state index >= 15 is 0 Å². The first-order valence-corrected chi connectivity index (χ1v) is 4.45. The molecule has 0 aliphatic heterocycles. The van der Waals surface area contributed by atoms with Crippen molar-refractivity contribution in [2.45, 2.75) is 38.7 Å². The minimum absolute atomic E-state index is 0.445. The molecule has 3 heteroatoms. The molecule has 0 aromatic rings. The van der Waals surface area contributed by atoms with E-state index < -0.39 is 12.3 Å². The van der Waals surface area contributed by atoms with Crippen LogP contribution in [-0.4, -0.2) is 19.4 Å². The number of carbonyl (C=O) groups is 1. The summed E-state index contributed by atoms with van der Waals surface area (Å²) in [7, 11) is 1.27. The van der Waals surface area contributed by atoms with Gasteiger partial charge in [0.2, 0.25) is 0 Å². The minimum atomic E-state index is -0.709. The third-order valence-electron chi connectivity index (χ3n) is 1.66. The molecule has 1 atom stereocenters. The molecule has 0 saturated heterocycles. The van der Waals surface area contributed by atoms with Crippen molar-refractivity contribution in [2.24, 2.45) is 0 Å². The zero-order valence-corrected chi connectivity index (χ0v) is 8.21. The first-order valence-electron chi connectivity index (χ1n) is 4.45. The Hall–Kier alpha value is -1.17. The Kier molecular flexibility index (Phi) is 6.80. The fraction of sp³-hybridized carbons (Fsp3) is 0.700. The maximum atomic E-state index is 10.7. The Labute approximate surface area is 79.4 Å². The van der Waals surface area contributed by atoms with Crippen LogP contribution in [0.3, 0.4) is 0 Å². The fourth-order valence-electron chi connectivity index (χ4n) is 0.920. The second kappa shape index (κ2) is 7.48. The van der Waals surface area contributed by atoms with Crippen LogP contribution >= 0.6 is 0 Å². The molecule has 13 heavy (non-hydrogen) atoms. The van der Waals surface area contributed by atoms with Crippen LogP contribution in [0.5, 0.6) is 0 Å². The smallest absolute Gasteiger partial charge is 0.438 e. The van der Waals surface area contributed by atoms with E-state index in [1.54, 1.807) is 0 Å². The predicted molar refractivity (Wildman–Crippen MR) is 50.3 cm³/mol. The largest absolute Gasteiger partial charge is 0.509 e. The molecule has 0 aliphatic rings. The molecule has 0 aromatic carbocycles. The quantitative estimate of drug-likeness (QED) is 0.374. The Morgan fingerprint density at radius 3 is 2.69 bits per heavy atom. The maximum Gasteiger partial charge on any atom is 0.509 e. The van der Waals surface area contributed by atoms with Gasteiger partial charge < -0.3 is 9.47 Å². The van der Waals surface area contributed by atoms with Gasteiger partial charge in [-0.3, -0.25) is 0 Å². The van der Waals surface area contributed by atoms with Gasteiger partial charge in [0.25, 0.3) is 0 Å². The average Bonchev–Trinajstić information content (AvgIpc) is 2.16. The molecule has 0 amide bonds. The minimum Gasteiger partial charge on any atom is -0.438 e. The Balaban J connectivity index is 3.65. The van der Waals surface area contributed by atoms with E-state index in [4.69, 9.17) is 11.2 Å². The van der Waals surface area contributed by atoms with E-state index in [1.807, 2.05) is 0 Å². The molecule has 0 heterocycles. The Bertz CT molecular complexity index is 181. The summed E-state index contributed by atoms with van der Waals surface area (Å²) in [6.07, 6.45) is 7.92. The molecule has 0 radical (unpaired) electrons. The van der Waals surface area contributed by atoms with Crippen LogP contribution in [0, 0.1) is 12.3 Å². The van der Waals surface area contributed by atoms with Crippen LogP contribution in [-0.2, 0) is 9.47 Å². The summed E-state index contributed by atoms with van der Waals surface area (Å²) < 4.78 is 9.13. The summed E-state index contributed by atoms with van der Waals surface area (Å²) in [5.74, 6) is 2.40. The molecule has 3 nitrogen and oxygen atoms in total. The van der Waals surface area contributed by atoms with Gasteiger partial charge in [0.15, 0.2) is 6.10 Å². The normalized spacial score (nSPS) is 11.5. The van der Waals surface area contributed by atoms with Crippen molar-refractivity contribution < 1.29 is 14.3 Å². The van der Waals surface area contributed by atoms with E-state index in [1.165, 1.54) is 7.11 Å². The van der Waals surface area contributed by atoms with Crippen LogP contribution in [0.2, 0.25) is 0 Å². The van der Waals surface area contributed by atoms with Crippen LogP contribution in [0.15, 0.2) is 0 Å². The second-order valence-electron chi connectivity index (χ2n) is 2.72. The molecule has 0 N–H and O–H groups in total. The van der Waals surface area contributed by atoms with Gasteiger partial charge >= 0.3 is 6.16 Å². The van der Waals surface area contributed by atoms with E-state index in [9.17, 15) is 4.79 Å². The summed E-state index contributed by atoms with van der Waals surface area (Å²) in [5.41, 5.74) is 0. The number of hydrogen-bond acceptors (Lipinski definition) is 3. The van der Waals surface area contributed by atoms with Crippen molar-refractivity contribution >= 4 is 6.16 Å².